The Hall–Kier alpha value is -2.80. The van der Waals surface area contributed by atoms with Gasteiger partial charge in [-0.05, 0) is 49.6 Å². The van der Waals surface area contributed by atoms with E-state index in [1.54, 1.807) is 6.20 Å². The van der Waals surface area contributed by atoms with Crippen LogP contribution < -0.4 is 0 Å². The van der Waals surface area contributed by atoms with Crippen LogP contribution in [-0.4, -0.2) is 61.9 Å². The Bertz CT molecular complexity index is 1010. The highest BCUT2D eigenvalue weighted by atomic mass is 16.2. The predicted molar refractivity (Wildman–Crippen MR) is 106 cm³/mol. The second-order valence-electron chi connectivity index (χ2n) is 7.84. The van der Waals surface area contributed by atoms with Crippen molar-refractivity contribution in [2.24, 2.45) is 0 Å². The second kappa shape index (κ2) is 6.98. The van der Waals surface area contributed by atoms with Gasteiger partial charge in [-0.2, -0.15) is 0 Å². The molecule has 0 aliphatic carbocycles. The molecule has 0 spiro atoms. The van der Waals surface area contributed by atoms with Crippen molar-refractivity contribution in [2.75, 3.05) is 20.1 Å². The molecule has 0 saturated carbocycles. The summed E-state index contributed by atoms with van der Waals surface area (Å²) < 4.78 is 1.93. The molecule has 1 aromatic carbocycles. The van der Waals surface area contributed by atoms with Crippen molar-refractivity contribution in [1.29, 1.82) is 0 Å². The maximum absolute atomic E-state index is 13.2. The van der Waals surface area contributed by atoms with Gasteiger partial charge in [-0.15, -0.1) is 5.10 Å². The Kier molecular flexibility index (Phi) is 4.31. The minimum Gasteiger partial charge on any atom is -0.341 e. The number of rotatable bonds is 2. The number of likely N-dealkylation sites (tertiary alicyclic amines) is 1. The van der Waals surface area contributed by atoms with Crippen molar-refractivity contribution in [3.8, 4) is 0 Å². The van der Waals surface area contributed by atoms with Crippen molar-refractivity contribution in [1.82, 2.24) is 29.8 Å². The molecule has 4 heterocycles. The van der Waals surface area contributed by atoms with Gasteiger partial charge in [-0.25, -0.2) is 9.67 Å². The van der Waals surface area contributed by atoms with Crippen LogP contribution in [-0.2, 0) is 17.8 Å². The zero-order chi connectivity index (χ0) is 19.1. The summed E-state index contributed by atoms with van der Waals surface area (Å²) in [5.74, 6) is 0.247. The van der Waals surface area contributed by atoms with Crippen molar-refractivity contribution in [3.63, 3.8) is 0 Å². The van der Waals surface area contributed by atoms with Crippen LogP contribution in [0.1, 0.15) is 30.0 Å². The van der Waals surface area contributed by atoms with Gasteiger partial charge >= 0.3 is 0 Å². The van der Waals surface area contributed by atoms with E-state index in [0.29, 0.717) is 0 Å². The number of amides is 1. The molecule has 7 heteroatoms. The SMILES string of the molecule is CN1Cc2ccccc2C[C@@H]1C(=O)N1CCC(n2nnc3cccnc32)CC1. The minimum absolute atomic E-state index is 0.0692. The van der Waals surface area contributed by atoms with E-state index in [4.69, 9.17) is 0 Å². The quantitative estimate of drug-likeness (QED) is 0.685. The number of likely N-dealkylation sites (N-methyl/N-ethyl adjacent to an activating group) is 1. The lowest BCUT2D eigenvalue weighted by Crippen LogP contribution is -2.52. The molecule has 3 aromatic rings. The van der Waals surface area contributed by atoms with E-state index in [2.05, 4.69) is 51.5 Å². The maximum atomic E-state index is 13.2. The third-order valence-electron chi connectivity index (χ3n) is 6.12. The van der Waals surface area contributed by atoms with Crippen molar-refractivity contribution in [3.05, 3.63) is 53.7 Å². The van der Waals surface area contributed by atoms with Gasteiger partial charge in [0.1, 0.15) is 5.52 Å². The number of carbonyl (C=O) groups excluding carboxylic acids is 1. The Morgan fingerprint density at radius 1 is 1.07 bits per heavy atom. The smallest absolute Gasteiger partial charge is 0.240 e. The molecule has 2 aliphatic rings. The lowest BCUT2D eigenvalue weighted by molar-refractivity contribution is -0.138. The normalized spacial score (nSPS) is 21.0. The molecule has 2 aliphatic heterocycles. The standard InChI is InChI=1S/C21H24N6O/c1-25-14-16-6-3-2-5-15(16)13-19(25)21(28)26-11-8-17(9-12-26)27-20-18(23-24-27)7-4-10-22-20/h2-7,10,17,19H,8-9,11-14H2,1H3/t19-/m1/s1. The number of piperidine rings is 1. The average Bonchev–Trinajstić information content (AvgIpc) is 3.17. The van der Waals surface area contributed by atoms with E-state index in [1.807, 2.05) is 21.7 Å². The van der Waals surface area contributed by atoms with E-state index in [0.717, 1.165) is 50.1 Å². The van der Waals surface area contributed by atoms with Gasteiger partial charge in [0, 0.05) is 25.8 Å². The zero-order valence-electron chi connectivity index (χ0n) is 16.0. The molecule has 5 rings (SSSR count). The van der Waals surface area contributed by atoms with Crippen molar-refractivity contribution in [2.45, 2.75) is 37.9 Å². The van der Waals surface area contributed by atoms with Crippen LogP contribution >= 0.6 is 0 Å². The number of hydrogen-bond donors (Lipinski definition) is 0. The highest BCUT2D eigenvalue weighted by Gasteiger charge is 2.34. The fraction of sp³-hybridized carbons (Fsp3) is 0.429. The van der Waals surface area contributed by atoms with E-state index in [1.165, 1.54) is 11.1 Å². The zero-order valence-corrected chi connectivity index (χ0v) is 16.0. The van der Waals surface area contributed by atoms with Crippen LogP contribution in [0.25, 0.3) is 11.2 Å². The maximum Gasteiger partial charge on any atom is 0.240 e. The molecular formula is C21H24N6O. The topological polar surface area (TPSA) is 67.2 Å². The molecule has 7 nitrogen and oxygen atoms in total. The van der Waals surface area contributed by atoms with Crippen LogP contribution in [0.5, 0.6) is 0 Å². The first kappa shape index (κ1) is 17.3. The summed E-state index contributed by atoms with van der Waals surface area (Å²) in [6.45, 7) is 2.34. The monoisotopic (exact) mass is 376 g/mol. The third-order valence-corrected chi connectivity index (χ3v) is 6.12. The average molecular weight is 376 g/mol. The Morgan fingerprint density at radius 3 is 2.68 bits per heavy atom. The molecule has 0 N–H and O–H groups in total. The number of hydrogen-bond acceptors (Lipinski definition) is 5. The fourth-order valence-electron chi connectivity index (χ4n) is 4.50. The summed E-state index contributed by atoms with van der Waals surface area (Å²) in [6, 6.07) is 12.4. The molecule has 1 atom stereocenters. The highest BCUT2D eigenvalue weighted by Crippen LogP contribution is 2.27. The van der Waals surface area contributed by atoms with E-state index >= 15 is 0 Å². The molecule has 1 fully saturated rings. The van der Waals surface area contributed by atoms with Crippen LogP contribution in [0.2, 0.25) is 0 Å². The van der Waals surface area contributed by atoms with Gasteiger partial charge in [0.25, 0.3) is 0 Å². The highest BCUT2D eigenvalue weighted by molar-refractivity contribution is 5.82. The molecule has 28 heavy (non-hydrogen) atoms. The summed E-state index contributed by atoms with van der Waals surface area (Å²) in [5, 5.41) is 8.52. The van der Waals surface area contributed by atoms with Gasteiger partial charge < -0.3 is 4.90 Å². The van der Waals surface area contributed by atoms with Gasteiger partial charge in [-0.3, -0.25) is 9.69 Å². The first-order chi connectivity index (χ1) is 13.7. The minimum atomic E-state index is -0.0692. The number of aromatic nitrogens is 4. The summed E-state index contributed by atoms with van der Waals surface area (Å²) in [7, 11) is 2.05. The van der Waals surface area contributed by atoms with Crippen LogP contribution in [0.3, 0.4) is 0 Å². The van der Waals surface area contributed by atoms with Crippen LogP contribution in [0, 0.1) is 0 Å². The Balaban J connectivity index is 1.27. The number of pyridine rings is 1. The summed E-state index contributed by atoms with van der Waals surface area (Å²) in [6.07, 6.45) is 4.34. The van der Waals surface area contributed by atoms with Crippen molar-refractivity contribution >= 4 is 17.1 Å². The Labute approximate surface area is 164 Å². The lowest BCUT2D eigenvalue weighted by Gasteiger charge is -2.39. The first-order valence-corrected chi connectivity index (χ1v) is 9.92. The number of fused-ring (bicyclic) bond motifs is 2. The molecule has 1 amide bonds. The van der Waals surface area contributed by atoms with Gasteiger partial charge in [-0.1, -0.05) is 29.5 Å². The molecule has 0 radical (unpaired) electrons. The van der Waals surface area contributed by atoms with E-state index < -0.39 is 0 Å². The Morgan fingerprint density at radius 2 is 1.86 bits per heavy atom. The number of nitrogens with zero attached hydrogens (tertiary/aromatic N) is 6. The second-order valence-corrected chi connectivity index (χ2v) is 7.84. The molecule has 0 bridgehead atoms. The summed E-state index contributed by atoms with van der Waals surface area (Å²) in [4.78, 5) is 21.9. The van der Waals surface area contributed by atoms with Crippen LogP contribution in [0.15, 0.2) is 42.6 Å². The predicted octanol–water partition coefficient (Wildman–Crippen LogP) is 2.05. The number of carbonyl (C=O) groups is 1. The van der Waals surface area contributed by atoms with Gasteiger partial charge in [0.05, 0.1) is 12.1 Å². The molecule has 0 unspecified atom stereocenters. The van der Waals surface area contributed by atoms with Gasteiger partial charge in [0.15, 0.2) is 5.65 Å². The molecule has 1 saturated heterocycles. The van der Waals surface area contributed by atoms with E-state index in [-0.39, 0.29) is 18.0 Å². The van der Waals surface area contributed by atoms with Gasteiger partial charge in [0.2, 0.25) is 5.91 Å². The summed E-state index contributed by atoms with van der Waals surface area (Å²) in [5.41, 5.74) is 4.28. The molecule has 144 valence electrons. The fourth-order valence-corrected chi connectivity index (χ4v) is 4.50. The third kappa shape index (κ3) is 2.96. The largest absolute Gasteiger partial charge is 0.341 e. The van der Waals surface area contributed by atoms with Crippen molar-refractivity contribution < 1.29 is 4.79 Å². The molecule has 2 aromatic heterocycles. The van der Waals surface area contributed by atoms with E-state index in [9.17, 15) is 4.79 Å². The first-order valence-electron chi connectivity index (χ1n) is 9.92. The molecular weight excluding hydrogens is 352 g/mol. The lowest BCUT2D eigenvalue weighted by atomic mass is 9.93. The number of benzene rings is 1. The van der Waals surface area contributed by atoms with Crippen LogP contribution in [0.4, 0.5) is 0 Å². The summed E-state index contributed by atoms with van der Waals surface area (Å²) >= 11 is 0.